The molecular formula is C24H36N2O2. The summed E-state index contributed by atoms with van der Waals surface area (Å²) in [5.74, 6) is 0.871. The maximum Gasteiger partial charge on any atom is 0.224 e. The van der Waals surface area contributed by atoms with Crippen molar-refractivity contribution in [2.75, 3.05) is 24.5 Å². The number of hydrogen-bond donors (Lipinski definition) is 0. The van der Waals surface area contributed by atoms with Crippen LogP contribution in [-0.4, -0.2) is 36.5 Å². The van der Waals surface area contributed by atoms with Gasteiger partial charge >= 0.3 is 0 Å². The van der Waals surface area contributed by atoms with Crippen molar-refractivity contribution >= 4 is 22.4 Å². The fourth-order valence-electron chi connectivity index (χ4n) is 4.76. The Hall–Kier alpha value is -1.81. The van der Waals surface area contributed by atoms with Crippen molar-refractivity contribution in [2.45, 2.75) is 66.3 Å². The van der Waals surface area contributed by atoms with E-state index in [0.29, 0.717) is 5.41 Å². The first-order valence-corrected chi connectivity index (χ1v) is 10.7. The standard InChI is InChI=1S/C24H36N2O2/c1-18(15-24(3,4)5)9-12-25-13-10-21(11-14-25)26(19(2)27)23-8-6-7-20-16-28-17-22(20)23/h6-8,16-18,21H,9-15H2,1-5H3. The molecule has 4 heteroatoms. The molecule has 3 rings (SSSR count). The van der Waals surface area contributed by atoms with E-state index in [1.165, 1.54) is 19.4 Å². The van der Waals surface area contributed by atoms with Crippen LogP contribution in [0.3, 0.4) is 0 Å². The van der Waals surface area contributed by atoms with Crippen LogP contribution in [0.1, 0.15) is 60.3 Å². The number of likely N-dealkylation sites (tertiary alicyclic amines) is 1. The Morgan fingerprint density at radius 2 is 1.96 bits per heavy atom. The number of rotatable bonds is 6. The van der Waals surface area contributed by atoms with Gasteiger partial charge in [0.25, 0.3) is 0 Å². The van der Waals surface area contributed by atoms with Crippen LogP contribution in [-0.2, 0) is 4.79 Å². The van der Waals surface area contributed by atoms with Gasteiger partial charge < -0.3 is 14.2 Å². The molecule has 1 aromatic heterocycles. The fraction of sp³-hybridized carbons (Fsp3) is 0.625. The molecule has 2 heterocycles. The largest absolute Gasteiger partial charge is 0.471 e. The summed E-state index contributed by atoms with van der Waals surface area (Å²) in [4.78, 5) is 17.1. The van der Waals surface area contributed by atoms with Crippen LogP contribution in [0.5, 0.6) is 0 Å². The number of carbonyl (C=O) groups is 1. The highest BCUT2D eigenvalue weighted by molar-refractivity contribution is 6.02. The molecule has 1 aromatic carbocycles. The smallest absolute Gasteiger partial charge is 0.224 e. The molecule has 0 radical (unpaired) electrons. The second-order valence-corrected chi connectivity index (χ2v) is 9.77. The SMILES string of the molecule is CC(=O)N(c1cccc2cocc12)C1CCN(CCC(C)CC(C)(C)C)CC1. The summed E-state index contributed by atoms with van der Waals surface area (Å²) in [7, 11) is 0. The van der Waals surface area contributed by atoms with Gasteiger partial charge in [0, 0.05) is 36.8 Å². The van der Waals surface area contributed by atoms with Gasteiger partial charge in [0.15, 0.2) is 0 Å². The first-order valence-electron chi connectivity index (χ1n) is 10.7. The van der Waals surface area contributed by atoms with Gasteiger partial charge in [-0.1, -0.05) is 39.8 Å². The molecule has 1 amide bonds. The maximum absolute atomic E-state index is 12.5. The lowest BCUT2D eigenvalue weighted by atomic mass is 9.84. The van der Waals surface area contributed by atoms with E-state index < -0.39 is 0 Å². The number of amides is 1. The number of fused-ring (bicyclic) bond motifs is 1. The molecule has 0 N–H and O–H groups in total. The van der Waals surface area contributed by atoms with Gasteiger partial charge in [0.1, 0.15) is 6.26 Å². The Morgan fingerprint density at radius 3 is 2.61 bits per heavy atom. The lowest BCUT2D eigenvalue weighted by Gasteiger charge is -2.38. The normalized spacial score (nSPS) is 17.8. The van der Waals surface area contributed by atoms with Gasteiger partial charge in [0.2, 0.25) is 5.91 Å². The van der Waals surface area contributed by atoms with E-state index in [1.54, 1.807) is 19.5 Å². The quantitative estimate of drug-likeness (QED) is 0.640. The summed E-state index contributed by atoms with van der Waals surface area (Å²) >= 11 is 0. The lowest BCUT2D eigenvalue weighted by Crippen LogP contribution is -2.47. The average Bonchev–Trinajstić information content (AvgIpc) is 3.09. The molecule has 1 fully saturated rings. The predicted octanol–water partition coefficient (Wildman–Crippen LogP) is 5.71. The first-order chi connectivity index (χ1) is 13.2. The van der Waals surface area contributed by atoms with Gasteiger partial charge in [-0.2, -0.15) is 0 Å². The van der Waals surface area contributed by atoms with Crippen molar-refractivity contribution in [1.29, 1.82) is 0 Å². The molecule has 2 aromatic rings. The third kappa shape index (κ3) is 5.16. The molecule has 1 aliphatic rings. The summed E-state index contributed by atoms with van der Waals surface area (Å²) in [6, 6.07) is 6.35. The second kappa shape index (κ2) is 8.69. The van der Waals surface area contributed by atoms with E-state index in [-0.39, 0.29) is 11.9 Å². The zero-order valence-electron chi connectivity index (χ0n) is 18.2. The Labute approximate surface area is 169 Å². The number of benzene rings is 1. The summed E-state index contributed by atoms with van der Waals surface area (Å²) in [5, 5.41) is 2.07. The minimum atomic E-state index is 0.117. The zero-order valence-corrected chi connectivity index (χ0v) is 18.2. The summed E-state index contributed by atoms with van der Waals surface area (Å²) < 4.78 is 5.38. The van der Waals surface area contributed by atoms with E-state index in [0.717, 1.165) is 48.3 Å². The minimum Gasteiger partial charge on any atom is -0.471 e. The van der Waals surface area contributed by atoms with Gasteiger partial charge in [-0.15, -0.1) is 0 Å². The van der Waals surface area contributed by atoms with Gasteiger partial charge in [-0.05, 0) is 49.6 Å². The molecule has 0 aliphatic carbocycles. The van der Waals surface area contributed by atoms with E-state index in [2.05, 4.69) is 32.6 Å². The zero-order chi connectivity index (χ0) is 20.3. The molecule has 1 atom stereocenters. The van der Waals surface area contributed by atoms with Crippen LogP contribution in [0, 0.1) is 11.3 Å². The van der Waals surface area contributed by atoms with Crippen molar-refractivity contribution in [3.8, 4) is 0 Å². The van der Waals surface area contributed by atoms with Crippen LogP contribution in [0.25, 0.3) is 10.8 Å². The minimum absolute atomic E-state index is 0.117. The van der Waals surface area contributed by atoms with E-state index in [9.17, 15) is 4.79 Å². The Bertz CT molecular complexity index is 781. The second-order valence-electron chi connectivity index (χ2n) is 9.77. The highest BCUT2D eigenvalue weighted by Gasteiger charge is 2.28. The van der Waals surface area contributed by atoms with Crippen molar-refractivity contribution in [1.82, 2.24) is 4.90 Å². The monoisotopic (exact) mass is 384 g/mol. The Balaban J connectivity index is 1.60. The van der Waals surface area contributed by atoms with Crippen LogP contribution in [0.15, 0.2) is 35.1 Å². The third-order valence-electron chi connectivity index (χ3n) is 5.92. The lowest BCUT2D eigenvalue weighted by molar-refractivity contribution is -0.117. The van der Waals surface area contributed by atoms with E-state index >= 15 is 0 Å². The molecule has 4 nitrogen and oxygen atoms in total. The molecule has 1 unspecified atom stereocenters. The van der Waals surface area contributed by atoms with Crippen LogP contribution in [0.2, 0.25) is 0 Å². The summed E-state index contributed by atoms with van der Waals surface area (Å²) in [6.07, 6.45) is 8.09. The van der Waals surface area contributed by atoms with Crippen LogP contribution in [0.4, 0.5) is 5.69 Å². The maximum atomic E-state index is 12.5. The fourth-order valence-corrected chi connectivity index (χ4v) is 4.76. The number of anilines is 1. The molecule has 0 saturated carbocycles. The van der Waals surface area contributed by atoms with Crippen molar-refractivity contribution < 1.29 is 9.21 Å². The van der Waals surface area contributed by atoms with Gasteiger partial charge in [0.05, 0.1) is 12.0 Å². The summed E-state index contributed by atoms with van der Waals surface area (Å²) in [5.41, 5.74) is 1.39. The van der Waals surface area contributed by atoms with Gasteiger partial charge in [-0.25, -0.2) is 0 Å². The Kier molecular flexibility index (Phi) is 6.49. The predicted molar refractivity (Wildman–Crippen MR) is 117 cm³/mol. The van der Waals surface area contributed by atoms with Crippen molar-refractivity contribution in [2.24, 2.45) is 11.3 Å². The third-order valence-corrected chi connectivity index (χ3v) is 5.92. The molecule has 28 heavy (non-hydrogen) atoms. The topological polar surface area (TPSA) is 36.7 Å². The van der Waals surface area contributed by atoms with Crippen LogP contribution >= 0.6 is 0 Å². The molecular weight excluding hydrogens is 348 g/mol. The molecule has 1 saturated heterocycles. The Morgan fingerprint density at radius 1 is 1.25 bits per heavy atom. The molecule has 0 spiro atoms. The van der Waals surface area contributed by atoms with Gasteiger partial charge in [-0.3, -0.25) is 4.79 Å². The first kappa shape index (κ1) is 20.9. The molecule has 1 aliphatic heterocycles. The number of furan rings is 1. The number of piperidine rings is 1. The van der Waals surface area contributed by atoms with Crippen molar-refractivity contribution in [3.05, 3.63) is 30.7 Å². The molecule has 0 bridgehead atoms. The molecule has 154 valence electrons. The van der Waals surface area contributed by atoms with E-state index in [4.69, 9.17) is 4.42 Å². The van der Waals surface area contributed by atoms with E-state index in [1.807, 2.05) is 23.1 Å². The average molecular weight is 385 g/mol. The summed E-state index contributed by atoms with van der Waals surface area (Å²) in [6.45, 7) is 14.3. The number of hydrogen-bond acceptors (Lipinski definition) is 3. The highest BCUT2D eigenvalue weighted by Crippen LogP contribution is 2.32. The highest BCUT2D eigenvalue weighted by atomic mass is 16.3. The number of nitrogens with zero attached hydrogens (tertiary/aromatic N) is 2. The van der Waals surface area contributed by atoms with Crippen LogP contribution < -0.4 is 4.90 Å². The number of carbonyl (C=O) groups excluding carboxylic acids is 1. The van der Waals surface area contributed by atoms with Crippen molar-refractivity contribution in [3.63, 3.8) is 0 Å².